The first-order valence-corrected chi connectivity index (χ1v) is 24.5. The predicted molar refractivity (Wildman–Crippen MR) is 241 cm³/mol. The highest BCUT2D eigenvalue weighted by Gasteiger charge is 2.26. The minimum atomic E-state index is -0.146. The monoisotopic (exact) mass is 805 g/mol. The van der Waals surface area contributed by atoms with Gasteiger partial charge in [-0.05, 0) is 107 Å². The molecule has 336 valence electrons. The fourth-order valence-electron chi connectivity index (χ4n) is 8.29. The second kappa shape index (κ2) is 33.1. The second-order valence-corrected chi connectivity index (χ2v) is 20.0. The molecule has 1 aliphatic rings. The molecular formula is C50H96N2O5. The third kappa shape index (κ3) is 30.1. The van der Waals surface area contributed by atoms with Crippen LogP contribution in [0, 0.1) is 35.5 Å². The van der Waals surface area contributed by atoms with Gasteiger partial charge < -0.3 is 19.7 Å². The van der Waals surface area contributed by atoms with Gasteiger partial charge in [0, 0.05) is 31.3 Å². The molecule has 2 unspecified atom stereocenters. The molecular weight excluding hydrogens is 709 g/mol. The molecule has 0 aliphatic carbocycles. The van der Waals surface area contributed by atoms with Gasteiger partial charge in [-0.2, -0.15) is 0 Å². The molecule has 1 saturated heterocycles. The Labute approximate surface area is 354 Å². The Morgan fingerprint density at radius 2 is 0.912 bits per heavy atom. The molecule has 1 rings (SSSR count). The zero-order valence-electron chi connectivity index (χ0n) is 39.4. The lowest BCUT2D eigenvalue weighted by Gasteiger charge is -2.32. The van der Waals surface area contributed by atoms with Crippen molar-refractivity contribution in [2.75, 3.05) is 32.8 Å². The van der Waals surface area contributed by atoms with Gasteiger partial charge >= 0.3 is 11.9 Å². The summed E-state index contributed by atoms with van der Waals surface area (Å²) in [5, 5.41) is 3.51. The SMILES string of the molecule is CC(C)CCC(COC(=O)CCCCCCCCCC(C)(CCCCCCCCCC(=O)OCC(CCC(C)C)C(C)C)NC(=O)CCN1CCCCC1)C(C)C. The quantitative estimate of drug-likeness (QED) is 0.0501. The van der Waals surface area contributed by atoms with Crippen molar-refractivity contribution < 1.29 is 23.9 Å². The second-order valence-electron chi connectivity index (χ2n) is 20.0. The van der Waals surface area contributed by atoms with Crippen molar-refractivity contribution in [3.8, 4) is 0 Å². The Morgan fingerprint density at radius 3 is 1.30 bits per heavy atom. The van der Waals surface area contributed by atoms with Gasteiger partial charge in [0.2, 0.25) is 5.91 Å². The Kier molecular flexibility index (Phi) is 31.0. The lowest BCUT2D eigenvalue weighted by molar-refractivity contribution is -0.146. The zero-order chi connectivity index (χ0) is 42.3. The Hall–Kier alpha value is -1.63. The summed E-state index contributed by atoms with van der Waals surface area (Å²) in [6, 6.07) is 0. The lowest BCUT2D eigenvalue weighted by atomic mass is 9.87. The molecule has 0 spiro atoms. The molecule has 1 N–H and O–H groups in total. The third-order valence-electron chi connectivity index (χ3n) is 12.8. The maximum absolute atomic E-state index is 13.2. The lowest BCUT2D eigenvalue weighted by Crippen LogP contribution is -2.47. The van der Waals surface area contributed by atoms with Crippen molar-refractivity contribution in [1.82, 2.24) is 10.2 Å². The number of esters is 2. The highest BCUT2D eigenvalue weighted by molar-refractivity contribution is 5.77. The molecule has 2 atom stereocenters. The van der Waals surface area contributed by atoms with E-state index in [1.807, 2.05) is 0 Å². The molecule has 1 amide bonds. The number of piperidine rings is 1. The van der Waals surface area contributed by atoms with E-state index in [4.69, 9.17) is 9.47 Å². The van der Waals surface area contributed by atoms with Crippen molar-refractivity contribution in [1.29, 1.82) is 0 Å². The van der Waals surface area contributed by atoms with Crippen molar-refractivity contribution >= 4 is 17.8 Å². The van der Waals surface area contributed by atoms with Gasteiger partial charge in [-0.15, -0.1) is 0 Å². The van der Waals surface area contributed by atoms with Gasteiger partial charge in [0.1, 0.15) is 0 Å². The molecule has 0 saturated carbocycles. The summed E-state index contributed by atoms with van der Waals surface area (Å²) >= 11 is 0. The Balaban J connectivity index is 2.33. The van der Waals surface area contributed by atoms with Crippen LogP contribution in [-0.2, 0) is 23.9 Å². The van der Waals surface area contributed by atoms with Crippen molar-refractivity contribution in [2.45, 2.75) is 235 Å². The number of carbonyl (C=O) groups is 3. The summed E-state index contributed by atoms with van der Waals surface area (Å²) in [5.74, 6) is 3.54. The Morgan fingerprint density at radius 1 is 0.526 bits per heavy atom. The summed E-state index contributed by atoms with van der Waals surface area (Å²) in [6.45, 7) is 24.5. The number of unbranched alkanes of at least 4 members (excludes halogenated alkanes) is 12. The standard InChI is InChI=1S/C50H96N2O5/c1-41(2)29-31-45(43(5)6)39-56-48(54)27-21-16-12-10-14-18-23-34-50(9,51-47(53)33-38-52-36-25-20-26-37-52)35-24-19-15-11-13-17-22-28-49(55)57-40-46(44(7)8)32-30-42(3)4/h41-46H,10-40H2,1-9H3,(H,51,53). The first-order chi connectivity index (χ1) is 27.2. The van der Waals surface area contributed by atoms with Gasteiger partial charge in [0.05, 0.1) is 13.2 Å². The third-order valence-corrected chi connectivity index (χ3v) is 12.8. The predicted octanol–water partition coefficient (Wildman–Crippen LogP) is 13.3. The van der Waals surface area contributed by atoms with E-state index in [9.17, 15) is 14.4 Å². The topological polar surface area (TPSA) is 84.9 Å². The van der Waals surface area contributed by atoms with Crippen molar-refractivity contribution in [3.63, 3.8) is 0 Å². The summed E-state index contributed by atoms with van der Waals surface area (Å²) in [7, 11) is 0. The van der Waals surface area contributed by atoms with Gasteiger partial charge in [-0.3, -0.25) is 14.4 Å². The Bertz CT molecular complexity index is 947. The van der Waals surface area contributed by atoms with Crippen LogP contribution in [0.15, 0.2) is 0 Å². The van der Waals surface area contributed by atoms with E-state index >= 15 is 0 Å². The number of rotatable bonds is 36. The van der Waals surface area contributed by atoms with E-state index in [1.54, 1.807) is 0 Å². The van der Waals surface area contributed by atoms with Crippen molar-refractivity contribution in [3.05, 3.63) is 0 Å². The van der Waals surface area contributed by atoms with Crippen LogP contribution in [0.5, 0.6) is 0 Å². The highest BCUT2D eigenvalue weighted by atomic mass is 16.5. The van der Waals surface area contributed by atoms with Gasteiger partial charge in [0.25, 0.3) is 0 Å². The van der Waals surface area contributed by atoms with Crippen LogP contribution < -0.4 is 5.32 Å². The molecule has 7 nitrogen and oxygen atoms in total. The first kappa shape index (κ1) is 53.4. The van der Waals surface area contributed by atoms with Gasteiger partial charge in [-0.25, -0.2) is 0 Å². The number of amides is 1. The van der Waals surface area contributed by atoms with Gasteiger partial charge in [0.15, 0.2) is 0 Å². The van der Waals surface area contributed by atoms with Crippen molar-refractivity contribution in [2.24, 2.45) is 35.5 Å². The average Bonchev–Trinajstić information content (AvgIpc) is 3.15. The van der Waals surface area contributed by atoms with Crippen LogP contribution in [-0.4, -0.2) is 61.1 Å². The van der Waals surface area contributed by atoms with E-state index in [0.717, 1.165) is 83.8 Å². The number of ether oxygens (including phenoxy) is 2. The fraction of sp³-hybridized carbons (Fsp3) is 0.940. The fourth-order valence-corrected chi connectivity index (χ4v) is 8.29. The molecule has 1 aliphatic heterocycles. The van der Waals surface area contributed by atoms with Crippen LogP contribution in [0.2, 0.25) is 0 Å². The molecule has 0 aromatic carbocycles. The normalized spacial score (nSPS) is 15.9. The number of hydrogen-bond acceptors (Lipinski definition) is 6. The summed E-state index contributed by atoms with van der Waals surface area (Å²) in [4.78, 5) is 40.4. The molecule has 0 radical (unpaired) electrons. The van der Waals surface area contributed by atoms with Crippen LogP contribution in [0.4, 0.5) is 0 Å². The molecule has 0 bridgehead atoms. The smallest absolute Gasteiger partial charge is 0.305 e. The molecule has 0 aromatic rings. The summed E-state index contributed by atoms with van der Waals surface area (Å²) < 4.78 is 11.3. The van der Waals surface area contributed by atoms with E-state index < -0.39 is 0 Å². The average molecular weight is 805 g/mol. The van der Waals surface area contributed by atoms with Crippen LogP contribution in [0.3, 0.4) is 0 Å². The summed E-state index contributed by atoms with van der Waals surface area (Å²) in [5.41, 5.74) is -0.146. The minimum absolute atomic E-state index is 0.0284. The molecule has 0 aromatic heterocycles. The molecule has 1 fully saturated rings. The van der Waals surface area contributed by atoms with Crippen LogP contribution in [0.1, 0.15) is 229 Å². The first-order valence-electron chi connectivity index (χ1n) is 24.5. The maximum atomic E-state index is 13.2. The zero-order valence-corrected chi connectivity index (χ0v) is 39.4. The largest absolute Gasteiger partial charge is 0.465 e. The van der Waals surface area contributed by atoms with E-state index in [1.165, 1.54) is 83.5 Å². The molecule has 7 heteroatoms. The number of likely N-dealkylation sites (tertiary alicyclic amines) is 1. The number of nitrogens with one attached hydrogen (secondary N) is 1. The molecule has 1 heterocycles. The number of nitrogens with zero attached hydrogens (tertiary/aromatic N) is 1. The van der Waals surface area contributed by atoms with E-state index in [-0.39, 0.29) is 23.4 Å². The summed E-state index contributed by atoms with van der Waals surface area (Å²) in [6.07, 6.45) is 28.1. The van der Waals surface area contributed by atoms with Crippen LogP contribution >= 0.6 is 0 Å². The van der Waals surface area contributed by atoms with Crippen LogP contribution in [0.25, 0.3) is 0 Å². The molecule has 57 heavy (non-hydrogen) atoms. The van der Waals surface area contributed by atoms with E-state index in [2.05, 4.69) is 72.5 Å². The number of carbonyl (C=O) groups excluding carboxylic acids is 3. The van der Waals surface area contributed by atoms with E-state index in [0.29, 0.717) is 68.0 Å². The maximum Gasteiger partial charge on any atom is 0.305 e. The minimum Gasteiger partial charge on any atom is -0.465 e. The highest BCUT2D eigenvalue weighted by Crippen LogP contribution is 2.25. The number of hydrogen-bond donors (Lipinski definition) is 1. The van der Waals surface area contributed by atoms with Gasteiger partial charge in [-0.1, -0.05) is 152 Å².